The van der Waals surface area contributed by atoms with Gasteiger partial charge in [0.2, 0.25) is 0 Å². The number of amides is 1. The highest BCUT2D eigenvalue weighted by Crippen LogP contribution is 2.13. The van der Waals surface area contributed by atoms with Gasteiger partial charge in [-0.1, -0.05) is 18.2 Å². The highest BCUT2D eigenvalue weighted by molar-refractivity contribution is 5.95. The number of carbonyl (C=O) groups is 1. The standard InChI is InChI=1S/C16H22N4O/c1-17-9-8-14-6-4-5-7-15(14)16(21)19(2)11-13-10-18-20(3)12-13/h4-7,10,12,17H,8-9,11H2,1-3H3. The number of hydrogen-bond donors (Lipinski definition) is 1. The Labute approximate surface area is 125 Å². The Balaban J connectivity index is 2.11. The van der Waals surface area contributed by atoms with Crippen molar-refractivity contribution in [1.82, 2.24) is 20.0 Å². The lowest BCUT2D eigenvalue weighted by atomic mass is 10.0. The van der Waals surface area contributed by atoms with E-state index in [-0.39, 0.29) is 5.91 Å². The monoisotopic (exact) mass is 286 g/mol. The first-order valence-electron chi connectivity index (χ1n) is 7.07. The summed E-state index contributed by atoms with van der Waals surface area (Å²) in [4.78, 5) is 14.3. The van der Waals surface area contributed by atoms with Gasteiger partial charge in [0.25, 0.3) is 5.91 Å². The second-order valence-electron chi connectivity index (χ2n) is 5.19. The molecule has 0 bridgehead atoms. The largest absolute Gasteiger partial charge is 0.337 e. The normalized spacial score (nSPS) is 10.6. The molecule has 0 aliphatic carbocycles. The summed E-state index contributed by atoms with van der Waals surface area (Å²) in [6.45, 7) is 1.42. The molecule has 0 atom stereocenters. The van der Waals surface area contributed by atoms with Crippen molar-refractivity contribution in [3.8, 4) is 0 Å². The zero-order chi connectivity index (χ0) is 15.2. The van der Waals surface area contributed by atoms with Gasteiger partial charge in [-0.3, -0.25) is 9.48 Å². The van der Waals surface area contributed by atoms with Crippen LogP contribution in [0.1, 0.15) is 21.5 Å². The number of benzene rings is 1. The first-order valence-corrected chi connectivity index (χ1v) is 7.07. The van der Waals surface area contributed by atoms with Crippen LogP contribution >= 0.6 is 0 Å². The van der Waals surface area contributed by atoms with Gasteiger partial charge in [-0.05, 0) is 31.6 Å². The van der Waals surface area contributed by atoms with E-state index < -0.39 is 0 Å². The van der Waals surface area contributed by atoms with Crippen LogP contribution in [0.3, 0.4) is 0 Å². The van der Waals surface area contributed by atoms with Gasteiger partial charge in [-0.15, -0.1) is 0 Å². The number of aromatic nitrogens is 2. The van der Waals surface area contributed by atoms with E-state index in [0.29, 0.717) is 6.54 Å². The Hall–Kier alpha value is -2.14. The smallest absolute Gasteiger partial charge is 0.254 e. The molecular weight excluding hydrogens is 264 g/mol. The van der Waals surface area contributed by atoms with Crippen molar-refractivity contribution in [2.24, 2.45) is 7.05 Å². The quantitative estimate of drug-likeness (QED) is 0.874. The maximum absolute atomic E-state index is 12.6. The van der Waals surface area contributed by atoms with E-state index in [0.717, 1.165) is 29.7 Å². The Kier molecular flexibility index (Phi) is 5.11. The molecule has 0 radical (unpaired) electrons. The zero-order valence-corrected chi connectivity index (χ0v) is 12.8. The molecule has 1 N–H and O–H groups in total. The molecule has 1 amide bonds. The highest BCUT2D eigenvalue weighted by Gasteiger charge is 2.15. The van der Waals surface area contributed by atoms with Crippen molar-refractivity contribution in [2.75, 3.05) is 20.6 Å². The summed E-state index contributed by atoms with van der Waals surface area (Å²) in [5.41, 5.74) is 2.88. The third-order valence-electron chi connectivity index (χ3n) is 3.42. The van der Waals surface area contributed by atoms with Crippen LogP contribution in [0.15, 0.2) is 36.7 Å². The van der Waals surface area contributed by atoms with Crippen LogP contribution in [0.4, 0.5) is 0 Å². The fourth-order valence-electron chi connectivity index (χ4n) is 2.31. The van der Waals surface area contributed by atoms with Gasteiger partial charge >= 0.3 is 0 Å². The van der Waals surface area contributed by atoms with Crippen LogP contribution in [0.25, 0.3) is 0 Å². The summed E-state index contributed by atoms with van der Waals surface area (Å²) in [7, 11) is 5.61. The van der Waals surface area contributed by atoms with Crippen molar-refractivity contribution in [2.45, 2.75) is 13.0 Å². The lowest BCUT2D eigenvalue weighted by Crippen LogP contribution is -2.27. The van der Waals surface area contributed by atoms with Gasteiger partial charge in [0.15, 0.2) is 0 Å². The van der Waals surface area contributed by atoms with Crippen molar-refractivity contribution < 1.29 is 4.79 Å². The summed E-state index contributed by atoms with van der Waals surface area (Å²) < 4.78 is 1.74. The maximum Gasteiger partial charge on any atom is 0.254 e. The number of aryl methyl sites for hydroxylation is 1. The minimum atomic E-state index is 0.0468. The average molecular weight is 286 g/mol. The Morgan fingerprint density at radius 1 is 1.38 bits per heavy atom. The predicted molar refractivity (Wildman–Crippen MR) is 83.1 cm³/mol. The third-order valence-corrected chi connectivity index (χ3v) is 3.42. The van der Waals surface area contributed by atoms with Gasteiger partial charge in [0.1, 0.15) is 0 Å². The van der Waals surface area contributed by atoms with E-state index in [1.807, 2.05) is 51.6 Å². The molecule has 5 heteroatoms. The van der Waals surface area contributed by atoms with Crippen LogP contribution in [-0.2, 0) is 20.0 Å². The van der Waals surface area contributed by atoms with E-state index in [9.17, 15) is 4.79 Å². The van der Waals surface area contributed by atoms with E-state index in [2.05, 4.69) is 10.4 Å². The van der Waals surface area contributed by atoms with Gasteiger partial charge in [0.05, 0.1) is 6.20 Å². The molecule has 0 saturated heterocycles. The first kappa shape index (κ1) is 15.3. The number of hydrogen-bond acceptors (Lipinski definition) is 3. The van der Waals surface area contributed by atoms with E-state index in [1.54, 1.807) is 15.8 Å². The van der Waals surface area contributed by atoms with Gasteiger partial charge in [-0.2, -0.15) is 5.10 Å². The SMILES string of the molecule is CNCCc1ccccc1C(=O)N(C)Cc1cnn(C)c1. The van der Waals surface area contributed by atoms with Crippen LogP contribution in [-0.4, -0.2) is 41.2 Å². The molecule has 0 fully saturated rings. The number of carbonyl (C=O) groups excluding carboxylic acids is 1. The molecule has 112 valence electrons. The zero-order valence-electron chi connectivity index (χ0n) is 12.8. The summed E-state index contributed by atoms with van der Waals surface area (Å²) in [6, 6.07) is 7.80. The molecule has 1 heterocycles. The minimum Gasteiger partial charge on any atom is -0.337 e. The number of nitrogens with zero attached hydrogens (tertiary/aromatic N) is 3. The van der Waals surface area contributed by atoms with Crippen LogP contribution < -0.4 is 5.32 Å². The molecule has 0 spiro atoms. The molecule has 1 aromatic heterocycles. The lowest BCUT2D eigenvalue weighted by Gasteiger charge is -2.18. The molecule has 21 heavy (non-hydrogen) atoms. The molecule has 0 unspecified atom stereocenters. The minimum absolute atomic E-state index is 0.0468. The summed E-state index contributed by atoms with van der Waals surface area (Å²) in [6.07, 6.45) is 4.56. The highest BCUT2D eigenvalue weighted by atomic mass is 16.2. The van der Waals surface area contributed by atoms with E-state index in [4.69, 9.17) is 0 Å². The maximum atomic E-state index is 12.6. The van der Waals surface area contributed by atoms with E-state index >= 15 is 0 Å². The summed E-state index contributed by atoms with van der Waals surface area (Å²) in [5, 5.41) is 7.25. The molecular formula is C16H22N4O. The molecule has 1 aromatic carbocycles. The number of likely N-dealkylation sites (N-methyl/N-ethyl adjacent to an activating group) is 1. The first-order chi connectivity index (χ1) is 10.1. The fourth-order valence-corrected chi connectivity index (χ4v) is 2.31. The van der Waals surface area contributed by atoms with Gasteiger partial charge in [-0.25, -0.2) is 0 Å². The molecule has 0 aliphatic heterocycles. The predicted octanol–water partition coefficient (Wildman–Crippen LogP) is 1.45. The van der Waals surface area contributed by atoms with Gasteiger partial charge in [0, 0.05) is 38.0 Å². The fraction of sp³-hybridized carbons (Fsp3) is 0.375. The van der Waals surface area contributed by atoms with Gasteiger partial charge < -0.3 is 10.2 Å². The second kappa shape index (κ2) is 7.04. The summed E-state index contributed by atoms with van der Waals surface area (Å²) in [5.74, 6) is 0.0468. The van der Waals surface area contributed by atoms with Crippen molar-refractivity contribution >= 4 is 5.91 Å². The lowest BCUT2D eigenvalue weighted by molar-refractivity contribution is 0.0784. The van der Waals surface area contributed by atoms with E-state index in [1.165, 1.54) is 0 Å². The molecule has 0 saturated carbocycles. The van der Waals surface area contributed by atoms with Crippen LogP contribution in [0, 0.1) is 0 Å². The topological polar surface area (TPSA) is 50.2 Å². The Morgan fingerprint density at radius 3 is 2.81 bits per heavy atom. The van der Waals surface area contributed by atoms with Crippen LogP contribution in [0.5, 0.6) is 0 Å². The summed E-state index contributed by atoms with van der Waals surface area (Å²) >= 11 is 0. The van der Waals surface area contributed by atoms with Crippen molar-refractivity contribution in [3.63, 3.8) is 0 Å². The number of rotatable bonds is 6. The molecule has 5 nitrogen and oxygen atoms in total. The Bertz CT molecular complexity index is 606. The second-order valence-corrected chi connectivity index (χ2v) is 5.19. The van der Waals surface area contributed by atoms with Crippen molar-refractivity contribution in [1.29, 1.82) is 0 Å². The van der Waals surface area contributed by atoms with Crippen LogP contribution in [0.2, 0.25) is 0 Å². The molecule has 2 aromatic rings. The molecule has 2 rings (SSSR count). The average Bonchev–Trinajstić information content (AvgIpc) is 2.89. The number of nitrogens with one attached hydrogen (secondary N) is 1. The van der Waals surface area contributed by atoms with Crippen molar-refractivity contribution in [3.05, 3.63) is 53.3 Å². The Morgan fingerprint density at radius 2 is 2.14 bits per heavy atom. The molecule has 0 aliphatic rings. The third kappa shape index (κ3) is 3.92.